The largest absolute Gasteiger partial charge is 0.408 e. The van der Waals surface area contributed by atoms with Gasteiger partial charge in [0.1, 0.15) is 12.1 Å². The molecule has 4 amide bonds. The van der Waals surface area contributed by atoms with E-state index in [1.807, 2.05) is 13.8 Å². The van der Waals surface area contributed by atoms with Gasteiger partial charge in [0.25, 0.3) is 11.8 Å². The maximum Gasteiger partial charge on any atom is 0.408 e. The van der Waals surface area contributed by atoms with Crippen LogP contribution in [0.4, 0.5) is 13.2 Å². The van der Waals surface area contributed by atoms with Gasteiger partial charge >= 0.3 is 6.18 Å². The van der Waals surface area contributed by atoms with Crippen LogP contribution in [-0.2, 0) is 16.1 Å². The topological polar surface area (TPSA) is 95.6 Å². The van der Waals surface area contributed by atoms with Crippen molar-refractivity contribution in [2.45, 2.75) is 77.2 Å². The van der Waals surface area contributed by atoms with Crippen molar-refractivity contribution in [2.75, 3.05) is 0 Å². The van der Waals surface area contributed by atoms with Crippen molar-refractivity contribution in [1.82, 2.24) is 15.5 Å². The second kappa shape index (κ2) is 8.70. The molecule has 2 unspecified atom stereocenters. The van der Waals surface area contributed by atoms with Crippen LogP contribution in [0.15, 0.2) is 18.2 Å². The second-order valence-corrected chi connectivity index (χ2v) is 10.3. The number of carbonyl (C=O) groups is 4. The van der Waals surface area contributed by atoms with Gasteiger partial charge < -0.3 is 10.2 Å². The highest BCUT2D eigenvalue weighted by Crippen LogP contribution is 2.42. The monoisotopic (exact) mass is 479 g/mol. The van der Waals surface area contributed by atoms with Gasteiger partial charge in [0.05, 0.1) is 0 Å². The normalized spacial score (nSPS) is 24.0. The summed E-state index contributed by atoms with van der Waals surface area (Å²) in [6.45, 7) is 4.12. The molecule has 7 nitrogen and oxygen atoms in total. The van der Waals surface area contributed by atoms with Gasteiger partial charge in [-0.1, -0.05) is 13.8 Å². The Morgan fingerprint density at radius 2 is 1.82 bits per heavy atom. The third-order valence-corrected chi connectivity index (χ3v) is 7.28. The molecule has 2 heterocycles. The number of rotatable bonds is 4. The number of benzene rings is 1. The first kappa shape index (κ1) is 24.2. The number of hydrogen-bond donors (Lipinski definition) is 2. The predicted molar refractivity (Wildman–Crippen MR) is 116 cm³/mol. The van der Waals surface area contributed by atoms with Crippen LogP contribution in [0.2, 0.25) is 0 Å². The van der Waals surface area contributed by atoms with Gasteiger partial charge in [0.2, 0.25) is 11.8 Å². The number of hydrogen-bond acceptors (Lipinski definition) is 4. The van der Waals surface area contributed by atoms with Gasteiger partial charge in [-0.25, -0.2) is 0 Å². The minimum atomic E-state index is -4.57. The molecule has 0 radical (unpaired) electrons. The van der Waals surface area contributed by atoms with E-state index in [0.717, 1.165) is 0 Å². The summed E-state index contributed by atoms with van der Waals surface area (Å²) < 4.78 is 41.5. The average Bonchev–Trinajstić information content (AvgIpc) is 3.07. The Kier molecular flexibility index (Phi) is 6.20. The summed E-state index contributed by atoms with van der Waals surface area (Å²) in [5.41, 5.74) is 0.785. The Bertz CT molecular complexity index is 1030. The van der Waals surface area contributed by atoms with Crippen molar-refractivity contribution >= 4 is 23.6 Å². The third-order valence-electron chi connectivity index (χ3n) is 7.28. The van der Waals surface area contributed by atoms with Gasteiger partial charge in [-0.15, -0.1) is 0 Å². The van der Waals surface area contributed by atoms with Crippen LogP contribution < -0.4 is 10.6 Å². The molecule has 0 spiro atoms. The molecule has 1 aliphatic carbocycles. The number of nitrogens with zero attached hydrogens (tertiary/aromatic N) is 1. The lowest BCUT2D eigenvalue weighted by Gasteiger charge is -2.38. The molecule has 4 rings (SSSR count). The first-order valence-electron chi connectivity index (χ1n) is 11.5. The van der Waals surface area contributed by atoms with E-state index in [1.54, 1.807) is 0 Å². The zero-order chi connectivity index (χ0) is 24.8. The molecule has 2 N–H and O–H groups in total. The van der Waals surface area contributed by atoms with Crippen LogP contribution in [-0.4, -0.2) is 46.8 Å². The lowest BCUT2D eigenvalue weighted by molar-refractivity contribution is -0.169. The van der Waals surface area contributed by atoms with Gasteiger partial charge in [-0.3, -0.25) is 24.5 Å². The van der Waals surface area contributed by atoms with Crippen LogP contribution in [0.3, 0.4) is 0 Å². The standard InChI is InChI=1S/C24H28F3N3O4/c1-23(2)9-7-13(8-10-23)19(24(25,26)27)29-20(32)14-3-4-16-15(11-14)12-30(22(16)34)17-5-6-18(31)28-21(17)33/h3-4,11,13,17,19H,5-10,12H2,1-2H3,(H,29,32)(H,28,31,33). The van der Waals surface area contributed by atoms with Gasteiger partial charge in [-0.2, -0.15) is 13.2 Å². The number of nitrogens with one attached hydrogen (secondary N) is 2. The zero-order valence-electron chi connectivity index (χ0n) is 19.1. The average molecular weight is 479 g/mol. The fourth-order valence-electron chi connectivity index (χ4n) is 5.16. The first-order valence-corrected chi connectivity index (χ1v) is 11.5. The zero-order valence-corrected chi connectivity index (χ0v) is 19.1. The highest BCUT2D eigenvalue weighted by Gasteiger charge is 2.47. The summed E-state index contributed by atoms with van der Waals surface area (Å²) in [6, 6.07) is 1.40. The smallest absolute Gasteiger partial charge is 0.340 e. The molecule has 1 aromatic carbocycles. The molecule has 10 heteroatoms. The fourth-order valence-corrected chi connectivity index (χ4v) is 5.16. The number of alkyl halides is 3. The lowest BCUT2D eigenvalue weighted by atomic mass is 9.71. The van der Waals surface area contributed by atoms with Crippen molar-refractivity contribution in [1.29, 1.82) is 0 Å². The number of piperidine rings is 1. The van der Waals surface area contributed by atoms with E-state index in [9.17, 15) is 32.3 Å². The fraction of sp³-hybridized carbons (Fsp3) is 0.583. The summed E-state index contributed by atoms with van der Waals surface area (Å²) in [6.07, 6.45) is -2.16. The summed E-state index contributed by atoms with van der Waals surface area (Å²) in [4.78, 5) is 50.5. The summed E-state index contributed by atoms with van der Waals surface area (Å²) in [5.74, 6) is -2.89. The SMILES string of the molecule is CC1(C)CCC(C(NC(=O)c2ccc3c(c2)CN(C2CCC(=O)NC2=O)C3=O)C(F)(F)F)CC1. The molecule has 2 aliphatic heterocycles. The Morgan fingerprint density at radius 3 is 2.44 bits per heavy atom. The molecule has 34 heavy (non-hydrogen) atoms. The minimum absolute atomic E-state index is 0.00240. The predicted octanol–water partition coefficient (Wildman–Crippen LogP) is 3.32. The summed E-state index contributed by atoms with van der Waals surface area (Å²) >= 11 is 0. The maximum absolute atomic E-state index is 13.8. The van der Waals surface area contributed by atoms with Crippen LogP contribution in [0.1, 0.15) is 78.7 Å². The van der Waals surface area contributed by atoms with Gasteiger partial charge in [-0.05, 0) is 67.2 Å². The molecule has 1 saturated heterocycles. The van der Waals surface area contributed by atoms with Crippen LogP contribution in [0.5, 0.6) is 0 Å². The molecule has 3 aliphatic rings. The van der Waals surface area contributed by atoms with Gasteiger partial charge in [0, 0.05) is 24.1 Å². The summed E-state index contributed by atoms with van der Waals surface area (Å²) in [5, 5.41) is 4.41. The molecule has 1 aromatic rings. The molecule has 184 valence electrons. The quantitative estimate of drug-likeness (QED) is 0.648. The third kappa shape index (κ3) is 4.81. The van der Waals surface area contributed by atoms with E-state index < -0.39 is 47.8 Å². The molecule has 1 saturated carbocycles. The van der Waals surface area contributed by atoms with Crippen molar-refractivity contribution in [2.24, 2.45) is 11.3 Å². The second-order valence-electron chi connectivity index (χ2n) is 10.3. The van der Waals surface area contributed by atoms with Crippen molar-refractivity contribution in [3.63, 3.8) is 0 Å². The molecule has 2 atom stereocenters. The number of amides is 4. The molecular formula is C24H28F3N3O4. The van der Waals surface area contributed by atoms with Gasteiger partial charge in [0.15, 0.2) is 0 Å². The number of halogens is 3. The van der Waals surface area contributed by atoms with Crippen LogP contribution >= 0.6 is 0 Å². The number of fused-ring (bicyclic) bond motifs is 1. The highest BCUT2D eigenvalue weighted by atomic mass is 19.4. The van der Waals surface area contributed by atoms with Crippen molar-refractivity contribution in [3.05, 3.63) is 34.9 Å². The van der Waals surface area contributed by atoms with E-state index in [4.69, 9.17) is 0 Å². The Balaban J connectivity index is 1.48. The molecule has 0 aromatic heterocycles. The van der Waals surface area contributed by atoms with E-state index in [-0.39, 0.29) is 30.4 Å². The molecule has 0 bridgehead atoms. The van der Waals surface area contributed by atoms with E-state index in [0.29, 0.717) is 36.8 Å². The Labute approximate surface area is 195 Å². The minimum Gasteiger partial charge on any atom is -0.340 e. The van der Waals surface area contributed by atoms with E-state index >= 15 is 0 Å². The number of carbonyl (C=O) groups excluding carboxylic acids is 4. The Hall–Kier alpha value is -2.91. The van der Waals surface area contributed by atoms with E-state index in [2.05, 4.69) is 10.6 Å². The summed E-state index contributed by atoms with van der Waals surface area (Å²) in [7, 11) is 0. The van der Waals surface area contributed by atoms with Crippen LogP contribution in [0, 0.1) is 11.3 Å². The number of imide groups is 1. The molecule has 2 fully saturated rings. The highest BCUT2D eigenvalue weighted by molar-refractivity contribution is 6.06. The Morgan fingerprint density at radius 1 is 1.15 bits per heavy atom. The van der Waals surface area contributed by atoms with E-state index in [1.165, 1.54) is 23.1 Å². The first-order chi connectivity index (χ1) is 15.9. The van der Waals surface area contributed by atoms with Crippen molar-refractivity contribution in [3.8, 4) is 0 Å². The maximum atomic E-state index is 13.8. The lowest BCUT2D eigenvalue weighted by Crippen LogP contribution is -2.52. The molecular weight excluding hydrogens is 451 g/mol. The van der Waals surface area contributed by atoms with Crippen molar-refractivity contribution < 1.29 is 32.3 Å². The van der Waals surface area contributed by atoms with Crippen LogP contribution in [0.25, 0.3) is 0 Å².